The number of rotatable bonds is 39. The third kappa shape index (κ3) is 31.3. The van der Waals surface area contributed by atoms with Gasteiger partial charge in [0.25, 0.3) is 0 Å². The van der Waals surface area contributed by atoms with Gasteiger partial charge >= 0.3 is 0 Å². The molecule has 0 aliphatic carbocycles. The minimum atomic E-state index is -1.25. The minimum Gasteiger partial charge on any atom is -0.394 e. The van der Waals surface area contributed by atoms with Crippen molar-refractivity contribution in [1.29, 1.82) is 0 Å². The molecule has 6 heteroatoms. The van der Waals surface area contributed by atoms with Crippen LogP contribution in [0.3, 0.4) is 0 Å². The lowest BCUT2D eigenvalue weighted by Crippen LogP contribution is -2.53. The molecule has 5 N–H and O–H groups in total. The SMILES string of the molecule is CCCCCCCCCCCCCCCCCCCCCCC(O)C(=O)N[C@H](CO)[C@H](O)C(O)CCCCCCCCCCCCCC. The summed E-state index contributed by atoms with van der Waals surface area (Å²) in [6.45, 7) is 4.05. The summed E-state index contributed by atoms with van der Waals surface area (Å²) < 4.78 is 0. The van der Waals surface area contributed by atoms with Gasteiger partial charge in [-0.3, -0.25) is 4.79 Å². The van der Waals surface area contributed by atoms with Crippen molar-refractivity contribution in [1.82, 2.24) is 5.32 Å². The molecule has 48 heavy (non-hydrogen) atoms. The van der Waals surface area contributed by atoms with Crippen LogP contribution in [0.2, 0.25) is 0 Å². The van der Waals surface area contributed by atoms with Crippen molar-refractivity contribution < 1.29 is 25.2 Å². The van der Waals surface area contributed by atoms with Crippen molar-refractivity contribution in [3.05, 3.63) is 0 Å². The Morgan fingerprint density at radius 2 is 0.708 bits per heavy atom. The predicted molar refractivity (Wildman–Crippen MR) is 205 cm³/mol. The molecule has 0 fully saturated rings. The highest BCUT2D eigenvalue weighted by Crippen LogP contribution is 2.17. The second-order valence-electron chi connectivity index (χ2n) is 15.1. The third-order valence-electron chi connectivity index (χ3n) is 10.3. The molecule has 4 atom stereocenters. The molecule has 0 aromatic rings. The van der Waals surface area contributed by atoms with Crippen molar-refractivity contribution in [2.45, 2.75) is 257 Å². The maximum absolute atomic E-state index is 12.5. The molecule has 1 amide bonds. The molecule has 0 radical (unpaired) electrons. The molecule has 0 aromatic carbocycles. The Morgan fingerprint density at radius 1 is 0.438 bits per heavy atom. The van der Waals surface area contributed by atoms with Crippen molar-refractivity contribution >= 4 is 5.91 Å². The van der Waals surface area contributed by atoms with Crippen molar-refractivity contribution in [2.75, 3.05) is 6.61 Å². The summed E-state index contributed by atoms with van der Waals surface area (Å²) in [5, 5.41) is 43.6. The normalized spacial score (nSPS) is 14.2. The van der Waals surface area contributed by atoms with Gasteiger partial charge in [-0.1, -0.05) is 219 Å². The van der Waals surface area contributed by atoms with Gasteiger partial charge in [0, 0.05) is 0 Å². The number of nitrogens with one attached hydrogen (secondary N) is 1. The van der Waals surface area contributed by atoms with Gasteiger partial charge in [0.1, 0.15) is 12.2 Å². The van der Waals surface area contributed by atoms with Gasteiger partial charge < -0.3 is 25.7 Å². The van der Waals surface area contributed by atoms with Crippen LogP contribution in [0.5, 0.6) is 0 Å². The Balaban J connectivity index is 3.68. The average Bonchev–Trinajstić information content (AvgIpc) is 3.09. The van der Waals surface area contributed by atoms with Gasteiger partial charge in [-0.2, -0.15) is 0 Å². The molecular formula is C42H85NO5. The lowest BCUT2D eigenvalue weighted by Gasteiger charge is -2.27. The number of aliphatic hydroxyl groups is 4. The number of hydrogen-bond acceptors (Lipinski definition) is 5. The van der Waals surface area contributed by atoms with Crippen molar-refractivity contribution in [3.8, 4) is 0 Å². The van der Waals surface area contributed by atoms with E-state index < -0.39 is 36.9 Å². The maximum Gasteiger partial charge on any atom is 0.249 e. The number of carbonyl (C=O) groups excluding carboxylic acids is 1. The summed E-state index contributed by atoms with van der Waals surface area (Å²) in [5.74, 6) is -0.580. The zero-order valence-electron chi connectivity index (χ0n) is 32.3. The summed E-state index contributed by atoms with van der Waals surface area (Å²) in [7, 11) is 0. The topological polar surface area (TPSA) is 110 Å². The second kappa shape index (κ2) is 37.6. The second-order valence-corrected chi connectivity index (χ2v) is 15.1. The molecule has 0 saturated carbocycles. The van der Waals surface area contributed by atoms with E-state index in [0.29, 0.717) is 12.8 Å². The van der Waals surface area contributed by atoms with E-state index in [1.54, 1.807) is 0 Å². The summed E-state index contributed by atoms with van der Waals surface area (Å²) >= 11 is 0. The molecule has 0 aliphatic rings. The molecule has 0 spiro atoms. The molecule has 6 nitrogen and oxygen atoms in total. The van der Waals surface area contributed by atoms with Crippen LogP contribution in [0, 0.1) is 0 Å². The zero-order valence-corrected chi connectivity index (χ0v) is 32.3. The van der Waals surface area contributed by atoms with Crippen LogP contribution in [0.1, 0.15) is 232 Å². The Bertz CT molecular complexity index is 648. The minimum absolute atomic E-state index is 0.375. The van der Waals surface area contributed by atoms with Crippen LogP contribution in [0.15, 0.2) is 0 Å². The summed E-state index contributed by atoms with van der Waals surface area (Å²) in [5.41, 5.74) is 0. The van der Waals surface area contributed by atoms with Crippen LogP contribution < -0.4 is 5.32 Å². The van der Waals surface area contributed by atoms with E-state index in [4.69, 9.17) is 0 Å². The molecular weight excluding hydrogens is 598 g/mol. The van der Waals surface area contributed by atoms with Crippen molar-refractivity contribution in [2.24, 2.45) is 0 Å². The van der Waals surface area contributed by atoms with E-state index in [-0.39, 0.29) is 0 Å². The molecule has 288 valence electrons. The molecule has 0 heterocycles. The van der Waals surface area contributed by atoms with E-state index in [2.05, 4.69) is 19.2 Å². The van der Waals surface area contributed by atoms with E-state index in [9.17, 15) is 25.2 Å². The third-order valence-corrected chi connectivity index (χ3v) is 10.3. The summed E-state index contributed by atoms with van der Waals surface area (Å²) in [4.78, 5) is 12.5. The summed E-state index contributed by atoms with van der Waals surface area (Å²) in [6, 6.07) is -0.977. The molecule has 0 bridgehead atoms. The highest BCUT2D eigenvalue weighted by atomic mass is 16.3. The van der Waals surface area contributed by atoms with E-state index in [1.165, 1.54) is 167 Å². The van der Waals surface area contributed by atoms with Gasteiger partial charge in [0.05, 0.1) is 18.8 Å². The molecule has 0 aliphatic heterocycles. The molecule has 0 rings (SSSR count). The number of amides is 1. The average molecular weight is 684 g/mol. The van der Waals surface area contributed by atoms with Crippen LogP contribution in [-0.4, -0.2) is 57.3 Å². The van der Waals surface area contributed by atoms with E-state index in [0.717, 1.165) is 38.5 Å². The monoisotopic (exact) mass is 684 g/mol. The fourth-order valence-corrected chi connectivity index (χ4v) is 6.88. The quantitative estimate of drug-likeness (QED) is 0.0414. The summed E-state index contributed by atoms with van der Waals surface area (Å²) in [6.07, 6.45) is 38.4. The predicted octanol–water partition coefficient (Wildman–Crippen LogP) is 10.8. The number of carbonyl (C=O) groups is 1. The first kappa shape index (κ1) is 47.3. The first-order valence-electron chi connectivity index (χ1n) is 21.4. The fraction of sp³-hybridized carbons (Fsp3) is 0.976. The van der Waals surface area contributed by atoms with Crippen molar-refractivity contribution in [3.63, 3.8) is 0 Å². The Kier molecular flexibility index (Phi) is 37.0. The largest absolute Gasteiger partial charge is 0.394 e. The smallest absolute Gasteiger partial charge is 0.249 e. The number of hydrogen-bond donors (Lipinski definition) is 5. The molecule has 0 aromatic heterocycles. The lowest BCUT2D eigenvalue weighted by molar-refractivity contribution is -0.132. The maximum atomic E-state index is 12.5. The highest BCUT2D eigenvalue weighted by Gasteiger charge is 2.28. The highest BCUT2D eigenvalue weighted by molar-refractivity contribution is 5.80. The fourth-order valence-electron chi connectivity index (χ4n) is 6.88. The van der Waals surface area contributed by atoms with Gasteiger partial charge in [0.15, 0.2) is 0 Å². The van der Waals surface area contributed by atoms with Gasteiger partial charge in [-0.25, -0.2) is 0 Å². The van der Waals surface area contributed by atoms with Gasteiger partial charge in [-0.15, -0.1) is 0 Å². The lowest BCUT2D eigenvalue weighted by atomic mass is 9.99. The van der Waals surface area contributed by atoms with Gasteiger partial charge in [-0.05, 0) is 12.8 Å². The zero-order chi connectivity index (χ0) is 35.3. The van der Waals surface area contributed by atoms with E-state index in [1.807, 2.05) is 0 Å². The van der Waals surface area contributed by atoms with Crippen LogP contribution in [-0.2, 0) is 4.79 Å². The first-order chi connectivity index (χ1) is 23.5. The Hall–Kier alpha value is -0.690. The molecule has 2 unspecified atom stereocenters. The van der Waals surface area contributed by atoms with Crippen LogP contribution >= 0.6 is 0 Å². The van der Waals surface area contributed by atoms with E-state index >= 15 is 0 Å². The standard InChI is InChI=1S/C42H85NO5/c1-3-5-7-9-11-13-15-17-18-19-20-21-22-23-24-26-28-30-32-34-36-40(46)42(48)43-38(37-44)41(47)39(45)35-33-31-29-27-25-16-14-12-10-8-6-4-2/h38-41,44-47H,3-37H2,1-2H3,(H,43,48)/t38-,39?,40?,41+/m1/s1. The molecule has 0 saturated heterocycles. The van der Waals surface area contributed by atoms with Crippen LogP contribution in [0.25, 0.3) is 0 Å². The van der Waals surface area contributed by atoms with Gasteiger partial charge in [0.2, 0.25) is 5.91 Å². The number of unbranched alkanes of at least 4 members (excludes halogenated alkanes) is 30. The Labute approximate surface area is 299 Å². The first-order valence-corrected chi connectivity index (χ1v) is 21.4. The van der Waals surface area contributed by atoms with Crippen LogP contribution in [0.4, 0.5) is 0 Å². The number of aliphatic hydroxyl groups excluding tert-OH is 4. The Morgan fingerprint density at radius 3 is 1.00 bits per heavy atom.